The van der Waals surface area contributed by atoms with Crippen LogP contribution < -0.4 is 14.4 Å². The number of rotatable bonds is 7. The number of nitrogens with zero attached hydrogens (tertiary/aromatic N) is 5. The highest BCUT2D eigenvalue weighted by atomic mass is 35.5. The number of ether oxygens (including phenoxy) is 2. The van der Waals surface area contributed by atoms with Gasteiger partial charge in [0.2, 0.25) is 0 Å². The van der Waals surface area contributed by atoms with E-state index in [9.17, 15) is 9.90 Å². The molecule has 0 bridgehead atoms. The molecule has 5 aromatic rings. The molecule has 3 aromatic heterocycles. The molecule has 1 N–H and O–H groups in total. The lowest BCUT2D eigenvalue weighted by Crippen LogP contribution is -2.46. The zero-order valence-electron chi connectivity index (χ0n) is 21.3. The number of carboxylic acid groups (broad SMARTS) is 1. The SMILES string of the molecule is COc1cnc2c(-c3nc4cc(F)c(O[C@@H](C)C(C)N(C(=O)O)c5cnc(C)nc5)cc4s3)cc(Cl)cc2c1. The zero-order chi connectivity index (χ0) is 27.8. The molecular weight excluding hydrogens is 545 g/mol. The maximum absolute atomic E-state index is 15.1. The molecule has 0 fully saturated rings. The first-order valence-corrected chi connectivity index (χ1v) is 13.0. The van der Waals surface area contributed by atoms with Crippen LogP contribution in [0.1, 0.15) is 19.7 Å². The Bertz CT molecular complexity index is 1700. The molecule has 1 amide bonds. The van der Waals surface area contributed by atoms with Gasteiger partial charge in [0.1, 0.15) is 22.7 Å². The molecule has 9 nitrogen and oxygen atoms in total. The second kappa shape index (κ2) is 10.6. The highest BCUT2D eigenvalue weighted by molar-refractivity contribution is 7.21. The van der Waals surface area contributed by atoms with E-state index in [2.05, 4.69) is 19.9 Å². The van der Waals surface area contributed by atoms with Gasteiger partial charge >= 0.3 is 6.09 Å². The van der Waals surface area contributed by atoms with E-state index in [1.54, 1.807) is 52.3 Å². The number of amides is 1. The van der Waals surface area contributed by atoms with Crippen LogP contribution >= 0.6 is 22.9 Å². The Labute approximate surface area is 231 Å². The summed E-state index contributed by atoms with van der Waals surface area (Å²) in [6.45, 7) is 5.05. The second-order valence-electron chi connectivity index (χ2n) is 8.87. The molecule has 1 unspecified atom stereocenters. The van der Waals surface area contributed by atoms with Crippen LogP contribution in [0.2, 0.25) is 5.02 Å². The van der Waals surface area contributed by atoms with Gasteiger partial charge in [0, 0.05) is 28.1 Å². The molecule has 2 aromatic carbocycles. The van der Waals surface area contributed by atoms with Gasteiger partial charge in [0.25, 0.3) is 0 Å². The minimum Gasteiger partial charge on any atom is -0.495 e. The van der Waals surface area contributed by atoms with Gasteiger partial charge in [-0.25, -0.2) is 24.1 Å². The van der Waals surface area contributed by atoms with E-state index in [0.29, 0.717) is 48.6 Å². The largest absolute Gasteiger partial charge is 0.495 e. The van der Waals surface area contributed by atoms with Crippen LogP contribution in [0.5, 0.6) is 11.5 Å². The van der Waals surface area contributed by atoms with Crippen molar-refractivity contribution >= 4 is 55.8 Å². The van der Waals surface area contributed by atoms with Crippen LogP contribution in [0.15, 0.2) is 48.9 Å². The standard InChI is InChI=1S/C27H23ClFN5O4S/c1-13(34(27(35)36)18-10-30-15(3)31-11-18)14(2)38-23-9-24-22(8-21(23)29)33-26(39-24)20-7-17(28)5-16-6-19(37-4)12-32-25(16)20/h5-14H,1-4H3,(H,35,36)/t13?,14-/m0/s1. The van der Waals surface area contributed by atoms with Crippen molar-refractivity contribution in [3.63, 3.8) is 0 Å². The first-order valence-electron chi connectivity index (χ1n) is 11.9. The highest BCUT2D eigenvalue weighted by Gasteiger charge is 2.29. The lowest BCUT2D eigenvalue weighted by Gasteiger charge is -2.30. The fourth-order valence-electron chi connectivity index (χ4n) is 4.14. The number of aromatic nitrogens is 4. The fraction of sp³-hybridized carbons (Fsp3) is 0.222. The van der Waals surface area contributed by atoms with Crippen molar-refractivity contribution in [1.82, 2.24) is 19.9 Å². The van der Waals surface area contributed by atoms with Crippen LogP contribution in [-0.2, 0) is 0 Å². The average Bonchev–Trinajstić information content (AvgIpc) is 3.31. The summed E-state index contributed by atoms with van der Waals surface area (Å²) in [5, 5.41) is 11.7. The van der Waals surface area contributed by atoms with E-state index in [4.69, 9.17) is 21.1 Å². The lowest BCUT2D eigenvalue weighted by atomic mass is 10.1. The summed E-state index contributed by atoms with van der Waals surface area (Å²) in [4.78, 5) is 30.4. The Kier molecular flexibility index (Phi) is 7.19. The lowest BCUT2D eigenvalue weighted by molar-refractivity contribution is 0.167. The number of anilines is 1. The van der Waals surface area contributed by atoms with Gasteiger partial charge in [-0.2, -0.15) is 0 Å². The number of benzene rings is 2. The maximum Gasteiger partial charge on any atom is 0.412 e. The van der Waals surface area contributed by atoms with Crippen LogP contribution in [0.3, 0.4) is 0 Å². The molecular formula is C27H23ClFN5O4S. The quantitative estimate of drug-likeness (QED) is 0.230. The first kappa shape index (κ1) is 26.5. The molecule has 3 heterocycles. The molecule has 0 aliphatic rings. The molecule has 0 saturated heterocycles. The molecule has 0 aliphatic carbocycles. The summed E-state index contributed by atoms with van der Waals surface area (Å²) in [6.07, 6.45) is 2.56. The summed E-state index contributed by atoms with van der Waals surface area (Å²) >= 11 is 7.72. The number of thiazole rings is 1. The normalized spacial score (nSPS) is 12.9. The summed E-state index contributed by atoms with van der Waals surface area (Å²) < 4.78 is 27.0. The summed E-state index contributed by atoms with van der Waals surface area (Å²) in [7, 11) is 1.56. The van der Waals surface area contributed by atoms with Gasteiger partial charge in [0.05, 0.1) is 53.2 Å². The Morgan fingerprint density at radius 2 is 1.85 bits per heavy atom. The minimum atomic E-state index is -1.20. The Morgan fingerprint density at radius 1 is 1.10 bits per heavy atom. The van der Waals surface area contributed by atoms with Gasteiger partial charge in [-0.05, 0) is 39.0 Å². The topological polar surface area (TPSA) is 111 Å². The fourth-order valence-corrected chi connectivity index (χ4v) is 5.36. The number of pyridine rings is 1. The smallest absolute Gasteiger partial charge is 0.412 e. The summed E-state index contributed by atoms with van der Waals surface area (Å²) in [6, 6.07) is 7.59. The molecule has 0 radical (unpaired) electrons. The average molecular weight is 568 g/mol. The molecule has 0 saturated carbocycles. The number of methoxy groups -OCH3 is 1. The van der Waals surface area contributed by atoms with E-state index in [0.717, 1.165) is 10.3 Å². The van der Waals surface area contributed by atoms with E-state index < -0.39 is 24.1 Å². The third-order valence-electron chi connectivity index (χ3n) is 6.28. The van der Waals surface area contributed by atoms with Gasteiger partial charge < -0.3 is 14.6 Å². The van der Waals surface area contributed by atoms with E-state index >= 15 is 4.39 Å². The minimum absolute atomic E-state index is 0.0126. The van der Waals surface area contributed by atoms with Gasteiger partial charge in [-0.3, -0.25) is 9.88 Å². The Hall–Kier alpha value is -4.09. The van der Waals surface area contributed by atoms with Crippen molar-refractivity contribution < 1.29 is 23.8 Å². The zero-order valence-corrected chi connectivity index (χ0v) is 22.9. The first-order chi connectivity index (χ1) is 18.6. The van der Waals surface area contributed by atoms with Gasteiger partial charge in [-0.1, -0.05) is 11.6 Å². The molecule has 12 heteroatoms. The van der Waals surface area contributed by atoms with Crippen molar-refractivity contribution in [3.8, 4) is 22.1 Å². The van der Waals surface area contributed by atoms with Crippen molar-refractivity contribution in [2.24, 2.45) is 0 Å². The maximum atomic E-state index is 15.1. The number of hydrogen-bond acceptors (Lipinski definition) is 8. The highest BCUT2D eigenvalue weighted by Crippen LogP contribution is 2.38. The van der Waals surface area contributed by atoms with Crippen LogP contribution in [-0.4, -0.2) is 50.4 Å². The van der Waals surface area contributed by atoms with E-state index in [-0.39, 0.29) is 5.75 Å². The van der Waals surface area contributed by atoms with Crippen molar-refractivity contribution in [2.45, 2.75) is 32.9 Å². The van der Waals surface area contributed by atoms with Crippen LogP contribution in [0.4, 0.5) is 14.9 Å². The number of aryl methyl sites for hydroxylation is 1. The summed E-state index contributed by atoms with van der Waals surface area (Å²) in [5.41, 5.74) is 2.14. The molecule has 0 aliphatic heterocycles. The van der Waals surface area contributed by atoms with Crippen LogP contribution in [0, 0.1) is 12.7 Å². The summed E-state index contributed by atoms with van der Waals surface area (Å²) in [5.74, 6) is 0.490. The monoisotopic (exact) mass is 567 g/mol. The van der Waals surface area contributed by atoms with Crippen molar-refractivity contribution in [1.29, 1.82) is 0 Å². The molecule has 0 spiro atoms. The van der Waals surface area contributed by atoms with E-state index in [1.165, 1.54) is 29.8 Å². The van der Waals surface area contributed by atoms with Gasteiger partial charge in [0.15, 0.2) is 11.6 Å². The molecule has 39 heavy (non-hydrogen) atoms. The molecule has 200 valence electrons. The third kappa shape index (κ3) is 5.27. The van der Waals surface area contributed by atoms with Gasteiger partial charge in [-0.15, -0.1) is 11.3 Å². The Morgan fingerprint density at radius 3 is 2.54 bits per heavy atom. The molecule has 2 atom stereocenters. The van der Waals surface area contributed by atoms with E-state index in [1.807, 2.05) is 6.07 Å². The number of halogens is 2. The number of carbonyl (C=O) groups is 1. The van der Waals surface area contributed by atoms with Crippen molar-refractivity contribution in [3.05, 3.63) is 65.6 Å². The predicted molar refractivity (Wildman–Crippen MR) is 149 cm³/mol. The van der Waals surface area contributed by atoms with Crippen molar-refractivity contribution in [2.75, 3.05) is 12.0 Å². The number of hydrogen-bond donors (Lipinski definition) is 1. The molecule has 5 rings (SSSR count). The number of fused-ring (bicyclic) bond motifs is 2. The second-order valence-corrected chi connectivity index (χ2v) is 10.3. The van der Waals surface area contributed by atoms with Crippen LogP contribution in [0.25, 0.3) is 31.7 Å². The third-order valence-corrected chi connectivity index (χ3v) is 7.55. The Balaban J connectivity index is 1.46. The predicted octanol–water partition coefficient (Wildman–Crippen LogP) is 6.75.